The highest BCUT2D eigenvalue weighted by molar-refractivity contribution is 5.27. The molecule has 0 saturated heterocycles. The summed E-state index contributed by atoms with van der Waals surface area (Å²) in [6, 6.07) is 3.39. The van der Waals surface area contributed by atoms with Gasteiger partial charge in [-0.25, -0.2) is 4.98 Å². The first-order chi connectivity index (χ1) is 13.9. The zero-order chi connectivity index (χ0) is 21.1. The predicted molar refractivity (Wildman–Crippen MR) is 108 cm³/mol. The summed E-state index contributed by atoms with van der Waals surface area (Å²) >= 11 is 0. The number of alkyl halides is 3. The molecule has 0 aliphatic carbocycles. The fourth-order valence-electron chi connectivity index (χ4n) is 3.75. The zero-order valence-corrected chi connectivity index (χ0v) is 17.8. The van der Waals surface area contributed by atoms with Crippen molar-refractivity contribution >= 4 is 0 Å². The quantitative estimate of drug-likeness (QED) is 0.439. The van der Waals surface area contributed by atoms with Crippen LogP contribution in [0.4, 0.5) is 13.2 Å². The van der Waals surface area contributed by atoms with Gasteiger partial charge in [0, 0.05) is 44.9 Å². The van der Waals surface area contributed by atoms with Gasteiger partial charge in [-0.15, -0.1) is 0 Å². The second-order valence-electron chi connectivity index (χ2n) is 7.87. The van der Waals surface area contributed by atoms with Gasteiger partial charge < -0.3 is 14.4 Å². The molecule has 0 N–H and O–H groups in total. The van der Waals surface area contributed by atoms with E-state index in [-0.39, 0.29) is 12.0 Å². The lowest BCUT2D eigenvalue weighted by molar-refractivity contribution is -0.154. The van der Waals surface area contributed by atoms with E-state index in [1.165, 1.54) is 44.6 Å². The highest BCUT2D eigenvalue weighted by Gasteiger charge is 2.29. The van der Waals surface area contributed by atoms with Crippen LogP contribution in [-0.4, -0.2) is 55.5 Å². The van der Waals surface area contributed by atoms with Crippen LogP contribution in [-0.2, 0) is 17.6 Å². The standard InChI is InChI=1S/C22H35F3N2O2/c1-3-4-5-6-7-8-9-19(28-2)16-27-14-12-18-10-11-21(26-20(18)13-15-27)29-17-22(23,24)25/h10-11,19H,3-9,12-17H2,1-2H3/t19-/m1/s1. The number of aromatic nitrogens is 1. The summed E-state index contributed by atoms with van der Waals surface area (Å²) < 4.78 is 47.5. The number of hydrogen-bond acceptors (Lipinski definition) is 4. The largest absolute Gasteiger partial charge is 0.468 e. The lowest BCUT2D eigenvalue weighted by atomic mass is 10.1. The van der Waals surface area contributed by atoms with E-state index in [1.807, 2.05) is 6.07 Å². The van der Waals surface area contributed by atoms with Gasteiger partial charge in [0.15, 0.2) is 6.61 Å². The molecule has 166 valence electrons. The van der Waals surface area contributed by atoms with Gasteiger partial charge >= 0.3 is 6.18 Å². The second-order valence-corrected chi connectivity index (χ2v) is 7.87. The van der Waals surface area contributed by atoms with Crippen molar-refractivity contribution in [2.45, 2.75) is 77.0 Å². The molecular weight excluding hydrogens is 381 g/mol. The van der Waals surface area contributed by atoms with E-state index in [9.17, 15) is 13.2 Å². The molecule has 0 amide bonds. The number of methoxy groups -OCH3 is 1. The van der Waals surface area contributed by atoms with Crippen LogP contribution in [0.5, 0.6) is 5.88 Å². The van der Waals surface area contributed by atoms with Gasteiger partial charge in [-0.3, -0.25) is 0 Å². The third-order valence-corrected chi connectivity index (χ3v) is 5.46. The van der Waals surface area contributed by atoms with E-state index in [0.717, 1.165) is 43.7 Å². The maximum absolute atomic E-state index is 12.3. The molecule has 0 bridgehead atoms. The molecule has 0 saturated carbocycles. The van der Waals surface area contributed by atoms with Crippen molar-refractivity contribution in [2.24, 2.45) is 0 Å². The van der Waals surface area contributed by atoms with Crippen molar-refractivity contribution in [2.75, 3.05) is 33.4 Å². The summed E-state index contributed by atoms with van der Waals surface area (Å²) in [5, 5.41) is 0. The maximum atomic E-state index is 12.3. The van der Waals surface area contributed by atoms with Crippen molar-refractivity contribution < 1.29 is 22.6 Å². The molecule has 1 aliphatic rings. The van der Waals surface area contributed by atoms with E-state index >= 15 is 0 Å². The van der Waals surface area contributed by atoms with Crippen molar-refractivity contribution in [1.82, 2.24) is 9.88 Å². The molecule has 4 nitrogen and oxygen atoms in total. The Kier molecular flexibility index (Phi) is 10.2. The SMILES string of the molecule is CCCCCCCC[C@H](CN1CCc2ccc(OCC(F)(F)F)nc2CC1)OC. The summed E-state index contributed by atoms with van der Waals surface area (Å²) in [5.74, 6) is 0.0485. The van der Waals surface area contributed by atoms with Crippen molar-refractivity contribution in [3.8, 4) is 5.88 Å². The summed E-state index contributed by atoms with van der Waals surface area (Å²) in [6.07, 6.45) is 6.15. The Morgan fingerprint density at radius 1 is 1.07 bits per heavy atom. The van der Waals surface area contributed by atoms with Gasteiger partial charge in [0.05, 0.1) is 6.10 Å². The molecule has 1 aliphatic heterocycles. The van der Waals surface area contributed by atoms with Crippen molar-refractivity contribution in [1.29, 1.82) is 0 Å². The molecule has 1 aromatic rings. The molecule has 7 heteroatoms. The number of nitrogens with zero attached hydrogens (tertiary/aromatic N) is 2. The van der Waals surface area contributed by atoms with Crippen molar-refractivity contribution in [3.63, 3.8) is 0 Å². The first kappa shape index (κ1) is 23.9. The molecule has 0 aromatic carbocycles. The van der Waals surface area contributed by atoms with E-state index in [4.69, 9.17) is 9.47 Å². The normalized spacial score (nSPS) is 16.3. The van der Waals surface area contributed by atoms with Crippen LogP contribution in [0.25, 0.3) is 0 Å². The molecule has 0 unspecified atom stereocenters. The molecule has 1 atom stereocenters. The summed E-state index contributed by atoms with van der Waals surface area (Å²) in [5.41, 5.74) is 1.94. The minimum absolute atomic E-state index is 0.0485. The van der Waals surface area contributed by atoms with Crippen LogP contribution < -0.4 is 4.74 Å². The third-order valence-electron chi connectivity index (χ3n) is 5.46. The van der Waals surface area contributed by atoms with Gasteiger partial charge in [-0.1, -0.05) is 51.5 Å². The molecule has 2 rings (SSSR count). The molecule has 1 aromatic heterocycles. The molecule has 0 spiro atoms. The second kappa shape index (κ2) is 12.4. The molecule has 29 heavy (non-hydrogen) atoms. The third kappa shape index (κ3) is 9.34. The Hall–Kier alpha value is -1.34. The van der Waals surface area contributed by atoms with Gasteiger partial charge in [-0.2, -0.15) is 13.2 Å². The lowest BCUT2D eigenvalue weighted by Crippen LogP contribution is -2.35. The first-order valence-electron chi connectivity index (χ1n) is 10.8. The first-order valence-corrected chi connectivity index (χ1v) is 10.8. The van der Waals surface area contributed by atoms with Gasteiger partial charge in [-0.05, 0) is 18.4 Å². The Bertz CT molecular complexity index is 596. The van der Waals surface area contributed by atoms with Gasteiger partial charge in [0.25, 0.3) is 0 Å². The minimum atomic E-state index is -4.35. The average molecular weight is 417 g/mol. The molecular formula is C22H35F3N2O2. The number of hydrogen-bond donors (Lipinski definition) is 0. The Morgan fingerprint density at radius 3 is 2.52 bits per heavy atom. The van der Waals surface area contributed by atoms with E-state index in [0.29, 0.717) is 6.42 Å². The Balaban J connectivity index is 1.78. The highest BCUT2D eigenvalue weighted by Crippen LogP contribution is 2.21. The summed E-state index contributed by atoms with van der Waals surface area (Å²) in [7, 11) is 1.78. The Labute approximate surface area is 172 Å². The van der Waals surface area contributed by atoms with Gasteiger partial charge in [0.1, 0.15) is 0 Å². The van der Waals surface area contributed by atoms with E-state index in [2.05, 4.69) is 16.8 Å². The van der Waals surface area contributed by atoms with Crippen LogP contribution in [0, 0.1) is 0 Å². The number of fused-ring (bicyclic) bond motifs is 1. The van der Waals surface area contributed by atoms with Crippen molar-refractivity contribution in [3.05, 3.63) is 23.4 Å². The lowest BCUT2D eigenvalue weighted by Gasteiger charge is -2.25. The van der Waals surface area contributed by atoms with Crippen LogP contribution >= 0.6 is 0 Å². The van der Waals surface area contributed by atoms with E-state index in [1.54, 1.807) is 7.11 Å². The summed E-state index contributed by atoms with van der Waals surface area (Å²) in [4.78, 5) is 6.69. The monoisotopic (exact) mass is 416 g/mol. The van der Waals surface area contributed by atoms with Crippen LogP contribution in [0.15, 0.2) is 12.1 Å². The minimum Gasteiger partial charge on any atom is -0.468 e. The number of ether oxygens (including phenoxy) is 2. The summed E-state index contributed by atoms with van der Waals surface area (Å²) in [6.45, 7) is 3.55. The molecule has 0 radical (unpaired) electrons. The average Bonchev–Trinajstić information content (AvgIpc) is 2.89. The Morgan fingerprint density at radius 2 is 1.79 bits per heavy atom. The highest BCUT2D eigenvalue weighted by atomic mass is 19.4. The van der Waals surface area contributed by atoms with Gasteiger partial charge in [0.2, 0.25) is 5.88 Å². The zero-order valence-electron chi connectivity index (χ0n) is 17.8. The van der Waals surface area contributed by atoms with E-state index < -0.39 is 12.8 Å². The topological polar surface area (TPSA) is 34.6 Å². The smallest absolute Gasteiger partial charge is 0.422 e. The molecule has 0 fully saturated rings. The fourth-order valence-corrected chi connectivity index (χ4v) is 3.75. The number of unbranched alkanes of at least 4 members (excludes halogenated alkanes) is 5. The fraction of sp³-hybridized carbons (Fsp3) is 0.773. The van der Waals surface area contributed by atoms with Crippen LogP contribution in [0.1, 0.15) is 63.1 Å². The van der Waals surface area contributed by atoms with Crippen LogP contribution in [0.2, 0.25) is 0 Å². The van der Waals surface area contributed by atoms with Crippen LogP contribution in [0.3, 0.4) is 0 Å². The number of pyridine rings is 1. The number of halogens is 3. The predicted octanol–water partition coefficient (Wildman–Crippen LogP) is 5.19. The maximum Gasteiger partial charge on any atom is 0.422 e. The molecule has 2 heterocycles. The number of rotatable bonds is 12.